The van der Waals surface area contributed by atoms with E-state index in [9.17, 15) is 0 Å². The van der Waals surface area contributed by atoms with Gasteiger partial charge in [0.25, 0.3) is 0 Å². The highest BCUT2D eigenvalue weighted by Gasteiger charge is 2.09. The van der Waals surface area contributed by atoms with Crippen molar-refractivity contribution in [2.24, 2.45) is 0 Å². The van der Waals surface area contributed by atoms with Crippen LogP contribution in [0.25, 0.3) is 0 Å². The van der Waals surface area contributed by atoms with Gasteiger partial charge in [0.05, 0.1) is 0 Å². The average Bonchev–Trinajstić information content (AvgIpc) is 2.39. The Labute approximate surface area is 107 Å². The molecule has 1 heterocycles. The minimum atomic E-state index is -0.0368. The molecule has 0 amide bonds. The Morgan fingerprint density at radius 2 is 1.89 bits per heavy atom. The Morgan fingerprint density at radius 3 is 2.56 bits per heavy atom. The summed E-state index contributed by atoms with van der Waals surface area (Å²) in [6.45, 7) is 3.92. The van der Waals surface area contributed by atoms with Crippen LogP contribution in [0.3, 0.4) is 0 Å². The number of aryl methyl sites for hydroxylation is 1. The molecule has 1 aromatic heterocycles. The Kier molecular flexibility index (Phi) is 3.77. The van der Waals surface area contributed by atoms with E-state index >= 15 is 0 Å². The lowest BCUT2D eigenvalue weighted by Gasteiger charge is -2.15. The van der Waals surface area contributed by atoms with E-state index in [1.54, 1.807) is 7.05 Å². The van der Waals surface area contributed by atoms with E-state index in [1.165, 1.54) is 0 Å². The summed E-state index contributed by atoms with van der Waals surface area (Å²) >= 11 is 0. The zero-order valence-electron chi connectivity index (χ0n) is 10.8. The van der Waals surface area contributed by atoms with Crippen molar-refractivity contribution in [3.63, 3.8) is 0 Å². The summed E-state index contributed by atoms with van der Waals surface area (Å²) in [5.41, 5.74) is 2.00. The fourth-order valence-corrected chi connectivity index (χ4v) is 1.69. The number of ether oxygens (including phenoxy) is 1. The number of hydrogen-bond donors (Lipinski definition) is 1. The van der Waals surface area contributed by atoms with Crippen molar-refractivity contribution in [2.75, 3.05) is 12.4 Å². The highest BCUT2D eigenvalue weighted by atomic mass is 16.5. The third kappa shape index (κ3) is 2.97. The molecule has 4 heteroatoms. The van der Waals surface area contributed by atoms with E-state index in [1.807, 2.05) is 50.2 Å². The molecule has 0 aliphatic carbocycles. The molecule has 0 saturated carbocycles. The molecule has 18 heavy (non-hydrogen) atoms. The number of nitrogens with one attached hydrogen (secondary N) is 1. The van der Waals surface area contributed by atoms with Gasteiger partial charge < -0.3 is 10.1 Å². The van der Waals surface area contributed by atoms with Gasteiger partial charge in [-0.1, -0.05) is 30.3 Å². The number of aromatic nitrogens is 2. The molecule has 1 unspecified atom stereocenters. The van der Waals surface area contributed by atoms with Crippen LogP contribution in [0.15, 0.2) is 36.4 Å². The summed E-state index contributed by atoms with van der Waals surface area (Å²) in [5.74, 6) is 1.16. The Balaban J connectivity index is 2.16. The lowest BCUT2D eigenvalue weighted by atomic mass is 10.1. The van der Waals surface area contributed by atoms with Crippen molar-refractivity contribution >= 4 is 5.95 Å². The van der Waals surface area contributed by atoms with E-state index in [-0.39, 0.29) is 6.10 Å². The second-order valence-corrected chi connectivity index (χ2v) is 4.09. The van der Waals surface area contributed by atoms with Crippen LogP contribution in [0.2, 0.25) is 0 Å². The molecule has 0 fully saturated rings. The van der Waals surface area contributed by atoms with Crippen LogP contribution in [0.1, 0.15) is 24.3 Å². The van der Waals surface area contributed by atoms with Crippen LogP contribution in [-0.2, 0) is 0 Å². The third-order valence-electron chi connectivity index (χ3n) is 2.62. The third-order valence-corrected chi connectivity index (χ3v) is 2.62. The van der Waals surface area contributed by atoms with Gasteiger partial charge >= 0.3 is 0 Å². The van der Waals surface area contributed by atoms with Gasteiger partial charge in [0.2, 0.25) is 11.8 Å². The van der Waals surface area contributed by atoms with Crippen LogP contribution in [0.4, 0.5) is 5.95 Å². The number of nitrogens with zero attached hydrogens (tertiary/aromatic N) is 2. The Morgan fingerprint density at radius 1 is 1.17 bits per heavy atom. The molecule has 94 valence electrons. The normalized spacial score (nSPS) is 11.9. The monoisotopic (exact) mass is 243 g/mol. The van der Waals surface area contributed by atoms with Gasteiger partial charge in [-0.3, -0.25) is 0 Å². The topological polar surface area (TPSA) is 47.0 Å². The van der Waals surface area contributed by atoms with Crippen molar-refractivity contribution < 1.29 is 4.74 Å². The average molecular weight is 243 g/mol. The summed E-state index contributed by atoms with van der Waals surface area (Å²) in [6, 6.07) is 11.9. The first kappa shape index (κ1) is 12.4. The fourth-order valence-electron chi connectivity index (χ4n) is 1.69. The minimum Gasteiger partial charge on any atom is -0.470 e. The van der Waals surface area contributed by atoms with Crippen LogP contribution in [-0.4, -0.2) is 17.0 Å². The Hall–Kier alpha value is -2.10. The van der Waals surface area contributed by atoms with E-state index in [4.69, 9.17) is 4.74 Å². The van der Waals surface area contributed by atoms with Gasteiger partial charge in [-0.05, 0) is 19.4 Å². The summed E-state index contributed by atoms with van der Waals surface area (Å²) in [4.78, 5) is 8.50. The fraction of sp³-hybridized carbons (Fsp3) is 0.286. The zero-order valence-corrected chi connectivity index (χ0v) is 10.8. The van der Waals surface area contributed by atoms with E-state index in [0.717, 1.165) is 11.3 Å². The van der Waals surface area contributed by atoms with Crippen LogP contribution >= 0.6 is 0 Å². The molecule has 0 spiro atoms. The molecule has 0 aliphatic rings. The molecule has 2 aromatic rings. The molecule has 1 aromatic carbocycles. The molecule has 0 bridgehead atoms. The minimum absolute atomic E-state index is 0.0368. The standard InChI is InChI=1S/C14H17N3O/c1-10-9-13(17-14(15-3)16-10)18-11(2)12-7-5-4-6-8-12/h4-9,11H,1-3H3,(H,15,16,17). The molecular formula is C14H17N3O. The number of anilines is 1. The first-order valence-electron chi connectivity index (χ1n) is 5.94. The first-order valence-corrected chi connectivity index (χ1v) is 5.94. The first-order chi connectivity index (χ1) is 8.69. The lowest BCUT2D eigenvalue weighted by Crippen LogP contribution is -2.06. The number of rotatable bonds is 4. The molecule has 0 radical (unpaired) electrons. The Bertz CT molecular complexity index is 514. The van der Waals surface area contributed by atoms with Crippen molar-refractivity contribution in [3.05, 3.63) is 47.7 Å². The van der Waals surface area contributed by atoms with Crippen molar-refractivity contribution in [2.45, 2.75) is 20.0 Å². The summed E-state index contributed by atoms with van der Waals surface area (Å²) in [6.07, 6.45) is -0.0368. The number of hydrogen-bond acceptors (Lipinski definition) is 4. The maximum absolute atomic E-state index is 5.83. The van der Waals surface area contributed by atoms with Crippen molar-refractivity contribution in [3.8, 4) is 5.88 Å². The van der Waals surface area contributed by atoms with Gasteiger partial charge in [-0.15, -0.1) is 0 Å². The summed E-state index contributed by atoms with van der Waals surface area (Å²) in [5, 5.41) is 2.92. The largest absolute Gasteiger partial charge is 0.470 e. The second-order valence-electron chi connectivity index (χ2n) is 4.09. The van der Waals surface area contributed by atoms with Crippen LogP contribution in [0.5, 0.6) is 5.88 Å². The molecule has 0 aliphatic heterocycles. The SMILES string of the molecule is CNc1nc(C)cc(OC(C)c2ccccc2)n1. The summed E-state index contributed by atoms with van der Waals surface area (Å²) in [7, 11) is 1.79. The highest BCUT2D eigenvalue weighted by Crippen LogP contribution is 2.21. The van der Waals surface area contributed by atoms with E-state index < -0.39 is 0 Å². The molecule has 2 rings (SSSR count). The van der Waals surface area contributed by atoms with Gasteiger partial charge in [-0.25, -0.2) is 4.98 Å². The van der Waals surface area contributed by atoms with Crippen LogP contribution in [0, 0.1) is 6.92 Å². The predicted octanol–water partition coefficient (Wildman–Crippen LogP) is 2.97. The second kappa shape index (κ2) is 5.49. The van der Waals surface area contributed by atoms with Gasteiger partial charge in [0, 0.05) is 18.8 Å². The molecule has 0 saturated heterocycles. The lowest BCUT2D eigenvalue weighted by molar-refractivity contribution is 0.217. The smallest absolute Gasteiger partial charge is 0.225 e. The summed E-state index contributed by atoms with van der Waals surface area (Å²) < 4.78 is 5.83. The highest BCUT2D eigenvalue weighted by molar-refractivity contribution is 5.30. The number of benzene rings is 1. The maximum Gasteiger partial charge on any atom is 0.225 e. The molecule has 4 nitrogen and oxygen atoms in total. The van der Waals surface area contributed by atoms with E-state index in [0.29, 0.717) is 11.8 Å². The predicted molar refractivity (Wildman–Crippen MR) is 71.8 cm³/mol. The molecule has 1 atom stereocenters. The zero-order chi connectivity index (χ0) is 13.0. The quantitative estimate of drug-likeness (QED) is 0.896. The van der Waals surface area contributed by atoms with Crippen molar-refractivity contribution in [1.29, 1.82) is 0 Å². The van der Waals surface area contributed by atoms with E-state index in [2.05, 4.69) is 15.3 Å². The molecular weight excluding hydrogens is 226 g/mol. The maximum atomic E-state index is 5.83. The van der Waals surface area contributed by atoms with Crippen molar-refractivity contribution in [1.82, 2.24) is 9.97 Å². The molecule has 1 N–H and O–H groups in total. The van der Waals surface area contributed by atoms with Gasteiger partial charge in [0.15, 0.2) is 0 Å². The van der Waals surface area contributed by atoms with Gasteiger partial charge in [0.1, 0.15) is 6.10 Å². The van der Waals surface area contributed by atoms with Crippen LogP contribution < -0.4 is 10.1 Å². The van der Waals surface area contributed by atoms with Gasteiger partial charge in [-0.2, -0.15) is 4.98 Å².